The molecule has 1 aliphatic heterocycles. The van der Waals surface area contributed by atoms with Crippen molar-refractivity contribution in [3.8, 4) is 0 Å². The Hall–Kier alpha value is -0.420. The molecule has 0 bridgehead atoms. The van der Waals surface area contributed by atoms with Crippen molar-refractivity contribution in [1.29, 1.82) is 0 Å². The number of ether oxygens (including phenoxy) is 1. The number of hydrogen-bond acceptors (Lipinski definition) is 4. The van der Waals surface area contributed by atoms with Crippen molar-refractivity contribution < 1.29 is 4.74 Å². The summed E-state index contributed by atoms with van der Waals surface area (Å²) in [5.74, 6) is 1.66. The molecular formula is C15H23ClN2OS. The van der Waals surface area contributed by atoms with Crippen molar-refractivity contribution in [1.82, 2.24) is 4.90 Å². The molecule has 20 heavy (non-hydrogen) atoms. The van der Waals surface area contributed by atoms with E-state index < -0.39 is 0 Å². The molecule has 0 saturated carbocycles. The van der Waals surface area contributed by atoms with Crippen molar-refractivity contribution in [2.45, 2.75) is 24.8 Å². The Morgan fingerprint density at radius 1 is 1.50 bits per heavy atom. The summed E-state index contributed by atoms with van der Waals surface area (Å²) in [6, 6.07) is 5.80. The zero-order valence-corrected chi connectivity index (χ0v) is 13.7. The highest BCUT2D eigenvalue weighted by atomic mass is 35.5. The Labute approximate surface area is 130 Å². The number of hydrogen-bond donors (Lipinski definition) is 1. The fourth-order valence-electron chi connectivity index (χ4n) is 2.35. The summed E-state index contributed by atoms with van der Waals surface area (Å²) in [4.78, 5) is 3.64. The third-order valence-corrected chi connectivity index (χ3v) is 4.71. The second-order valence-electron chi connectivity index (χ2n) is 5.64. The van der Waals surface area contributed by atoms with Crippen LogP contribution >= 0.6 is 23.4 Å². The number of halogens is 1. The number of nitrogen functional groups attached to an aromatic ring is 1. The van der Waals surface area contributed by atoms with Gasteiger partial charge in [-0.25, -0.2) is 0 Å². The van der Waals surface area contributed by atoms with Gasteiger partial charge in [0.1, 0.15) is 0 Å². The average Bonchev–Trinajstić information content (AvgIpc) is 2.40. The van der Waals surface area contributed by atoms with Crippen molar-refractivity contribution in [3.63, 3.8) is 0 Å². The molecule has 1 aliphatic rings. The summed E-state index contributed by atoms with van der Waals surface area (Å²) in [7, 11) is 0. The Morgan fingerprint density at radius 3 is 3.00 bits per heavy atom. The second-order valence-corrected chi connectivity index (χ2v) is 7.14. The van der Waals surface area contributed by atoms with Crippen LogP contribution in [0, 0.1) is 5.92 Å². The van der Waals surface area contributed by atoms with E-state index in [1.807, 2.05) is 18.2 Å². The largest absolute Gasteiger partial charge is 0.398 e. The van der Waals surface area contributed by atoms with Crippen molar-refractivity contribution in [3.05, 3.63) is 23.2 Å². The molecule has 1 aromatic rings. The van der Waals surface area contributed by atoms with Gasteiger partial charge in [0.15, 0.2) is 0 Å². The Kier molecular flexibility index (Phi) is 6.02. The van der Waals surface area contributed by atoms with Gasteiger partial charge in [-0.2, -0.15) is 0 Å². The predicted octanol–water partition coefficient (Wildman–Crippen LogP) is 3.37. The molecule has 3 nitrogen and oxygen atoms in total. The van der Waals surface area contributed by atoms with Crippen LogP contribution in [-0.2, 0) is 4.74 Å². The first-order valence-electron chi connectivity index (χ1n) is 7.06. The van der Waals surface area contributed by atoms with Gasteiger partial charge in [-0.1, -0.05) is 25.4 Å². The summed E-state index contributed by atoms with van der Waals surface area (Å²) in [5, 5.41) is 0.626. The van der Waals surface area contributed by atoms with Gasteiger partial charge in [0.25, 0.3) is 0 Å². The van der Waals surface area contributed by atoms with E-state index in [-0.39, 0.29) is 0 Å². The molecule has 0 radical (unpaired) electrons. The van der Waals surface area contributed by atoms with Crippen LogP contribution in [0.15, 0.2) is 23.1 Å². The van der Waals surface area contributed by atoms with Crippen LogP contribution < -0.4 is 5.73 Å². The molecule has 1 unspecified atom stereocenters. The molecule has 1 saturated heterocycles. The number of nitrogens with zero attached hydrogens (tertiary/aromatic N) is 1. The first-order chi connectivity index (χ1) is 9.54. The van der Waals surface area contributed by atoms with Gasteiger partial charge in [0, 0.05) is 30.3 Å². The molecule has 1 fully saturated rings. The molecule has 1 aromatic carbocycles. The van der Waals surface area contributed by atoms with Crippen LogP contribution in [0.25, 0.3) is 0 Å². The molecule has 1 atom stereocenters. The highest BCUT2D eigenvalue weighted by Crippen LogP contribution is 2.27. The minimum atomic E-state index is 0.295. The van der Waals surface area contributed by atoms with E-state index in [0.29, 0.717) is 22.7 Å². The Balaban J connectivity index is 1.82. The van der Waals surface area contributed by atoms with Crippen LogP contribution in [-0.4, -0.2) is 43.0 Å². The standard InChI is InChI=1S/C15H23ClN2OS/c1-11(2)8-18-5-6-19-12(9-18)10-20-13-3-4-15(17)14(16)7-13/h3-4,7,11-12H,5-6,8-10,17H2,1-2H3. The van der Waals surface area contributed by atoms with Gasteiger partial charge in [-0.05, 0) is 24.1 Å². The minimum Gasteiger partial charge on any atom is -0.398 e. The molecule has 0 spiro atoms. The van der Waals surface area contributed by atoms with Gasteiger partial charge in [-0.3, -0.25) is 4.90 Å². The number of rotatable bonds is 5. The zero-order chi connectivity index (χ0) is 14.5. The summed E-state index contributed by atoms with van der Waals surface area (Å²) in [6.07, 6.45) is 0.295. The lowest BCUT2D eigenvalue weighted by Gasteiger charge is -2.33. The molecule has 0 aromatic heterocycles. The lowest BCUT2D eigenvalue weighted by Crippen LogP contribution is -2.44. The summed E-state index contributed by atoms with van der Waals surface area (Å²) >= 11 is 7.82. The van der Waals surface area contributed by atoms with Gasteiger partial charge in [-0.15, -0.1) is 11.8 Å². The van der Waals surface area contributed by atoms with Crippen molar-refractivity contribution in [2.24, 2.45) is 5.92 Å². The van der Waals surface area contributed by atoms with E-state index in [1.54, 1.807) is 11.8 Å². The Morgan fingerprint density at radius 2 is 2.30 bits per heavy atom. The fourth-order valence-corrected chi connectivity index (χ4v) is 3.54. The monoisotopic (exact) mass is 314 g/mol. The highest BCUT2D eigenvalue weighted by molar-refractivity contribution is 7.99. The van der Waals surface area contributed by atoms with E-state index in [0.717, 1.165) is 36.9 Å². The van der Waals surface area contributed by atoms with Crippen LogP contribution in [0.5, 0.6) is 0 Å². The molecule has 5 heteroatoms. The van der Waals surface area contributed by atoms with E-state index in [1.165, 1.54) is 0 Å². The van der Waals surface area contributed by atoms with E-state index in [9.17, 15) is 0 Å². The smallest absolute Gasteiger partial charge is 0.0796 e. The van der Waals surface area contributed by atoms with Crippen molar-refractivity contribution >= 4 is 29.1 Å². The third kappa shape index (κ3) is 4.85. The van der Waals surface area contributed by atoms with Crippen LogP contribution in [0.2, 0.25) is 5.02 Å². The van der Waals surface area contributed by atoms with Crippen LogP contribution in [0.4, 0.5) is 5.69 Å². The topological polar surface area (TPSA) is 38.5 Å². The van der Waals surface area contributed by atoms with Gasteiger partial charge < -0.3 is 10.5 Å². The predicted molar refractivity (Wildman–Crippen MR) is 87.6 cm³/mol. The van der Waals surface area contributed by atoms with E-state index >= 15 is 0 Å². The van der Waals surface area contributed by atoms with E-state index in [2.05, 4.69) is 18.7 Å². The quantitative estimate of drug-likeness (QED) is 0.668. The SMILES string of the molecule is CC(C)CN1CCOC(CSc2ccc(N)c(Cl)c2)C1. The average molecular weight is 315 g/mol. The third-order valence-electron chi connectivity index (χ3n) is 3.25. The van der Waals surface area contributed by atoms with Gasteiger partial charge >= 0.3 is 0 Å². The maximum Gasteiger partial charge on any atom is 0.0796 e. The minimum absolute atomic E-state index is 0.295. The molecule has 0 amide bonds. The maximum atomic E-state index is 6.04. The zero-order valence-electron chi connectivity index (χ0n) is 12.1. The lowest BCUT2D eigenvalue weighted by atomic mass is 10.2. The second kappa shape index (κ2) is 7.55. The normalized spacial score (nSPS) is 20.5. The molecule has 0 aliphatic carbocycles. The fraction of sp³-hybridized carbons (Fsp3) is 0.600. The lowest BCUT2D eigenvalue weighted by molar-refractivity contribution is -0.0191. The van der Waals surface area contributed by atoms with E-state index in [4.69, 9.17) is 22.1 Å². The van der Waals surface area contributed by atoms with Crippen molar-refractivity contribution in [2.75, 3.05) is 37.7 Å². The summed E-state index contributed by atoms with van der Waals surface area (Å²) in [5.41, 5.74) is 6.35. The van der Waals surface area contributed by atoms with Crippen LogP contribution in [0.1, 0.15) is 13.8 Å². The molecule has 1 heterocycles. The number of nitrogens with two attached hydrogens (primary N) is 1. The summed E-state index contributed by atoms with van der Waals surface area (Å²) in [6.45, 7) is 8.57. The molecule has 112 valence electrons. The molecule has 2 rings (SSSR count). The number of anilines is 1. The highest BCUT2D eigenvalue weighted by Gasteiger charge is 2.21. The summed E-state index contributed by atoms with van der Waals surface area (Å²) < 4.78 is 5.85. The Bertz CT molecular complexity index is 442. The van der Waals surface area contributed by atoms with Gasteiger partial charge in [0.2, 0.25) is 0 Å². The maximum absolute atomic E-state index is 6.04. The number of thioether (sulfide) groups is 1. The number of benzene rings is 1. The van der Waals surface area contributed by atoms with Gasteiger partial charge in [0.05, 0.1) is 23.4 Å². The molecular weight excluding hydrogens is 292 g/mol. The van der Waals surface area contributed by atoms with Crippen LogP contribution in [0.3, 0.4) is 0 Å². The first kappa shape index (κ1) is 16.0. The first-order valence-corrected chi connectivity index (χ1v) is 8.42. The number of morpholine rings is 1. The molecule has 2 N–H and O–H groups in total.